The molecule has 6 heteroatoms. The smallest absolute Gasteiger partial charge is 0.262 e. The van der Waals surface area contributed by atoms with Gasteiger partial charge >= 0.3 is 0 Å². The van der Waals surface area contributed by atoms with Crippen LogP contribution < -0.4 is 10.1 Å². The molecule has 4 rings (SSSR count). The van der Waals surface area contributed by atoms with E-state index in [-0.39, 0.29) is 17.9 Å². The first-order chi connectivity index (χ1) is 16.7. The molecule has 0 aliphatic heterocycles. The summed E-state index contributed by atoms with van der Waals surface area (Å²) in [5.74, 6) is 1.03. The number of benzene rings is 2. The van der Waals surface area contributed by atoms with Crippen LogP contribution in [0.2, 0.25) is 0 Å². The van der Waals surface area contributed by atoms with Gasteiger partial charge in [-0.1, -0.05) is 32.9 Å². The number of amides is 1. The third-order valence-electron chi connectivity index (χ3n) is 6.47. The number of anilines is 1. The Labute approximate surface area is 211 Å². The molecule has 0 radical (unpaired) electrons. The van der Waals surface area contributed by atoms with E-state index in [1.54, 1.807) is 17.6 Å². The van der Waals surface area contributed by atoms with Crippen molar-refractivity contribution in [3.05, 3.63) is 75.7 Å². The molecule has 1 aliphatic rings. The van der Waals surface area contributed by atoms with Gasteiger partial charge < -0.3 is 10.1 Å². The van der Waals surface area contributed by atoms with Crippen LogP contribution in [0.5, 0.6) is 5.75 Å². The first-order valence-corrected chi connectivity index (χ1v) is 12.7. The number of rotatable bonds is 6. The molecule has 0 fully saturated rings. The highest BCUT2D eigenvalue weighted by Gasteiger charge is 2.32. The van der Waals surface area contributed by atoms with Gasteiger partial charge in [0.05, 0.1) is 5.56 Å². The van der Waals surface area contributed by atoms with Crippen molar-refractivity contribution in [3.63, 3.8) is 0 Å². The maximum atomic E-state index is 12.2. The van der Waals surface area contributed by atoms with Gasteiger partial charge in [-0.15, -0.1) is 11.3 Å². The topological polar surface area (TPSA) is 74.5 Å². The Morgan fingerprint density at radius 3 is 2.71 bits per heavy atom. The number of ether oxygens (including phenoxy) is 1. The summed E-state index contributed by atoms with van der Waals surface area (Å²) in [6.07, 6.45) is 4.88. The highest BCUT2D eigenvalue weighted by molar-refractivity contribution is 7.16. The molecule has 1 N–H and O–H groups in total. The second-order valence-electron chi connectivity index (χ2n) is 10.1. The third kappa shape index (κ3) is 6.17. The van der Waals surface area contributed by atoms with Crippen LogP contribution in [-0.4, -0.2) is 18.7 Å². The number of carbonyl (C=O) groups is 1. The van der Waals surface area contributed by atoms with Gasteiger partial charge in [0.15, 0.2) is 6.61 Å². The molecule has 0 spiro atoms. The van der Waals surface area contributed by atoms with Gasteiger partial charge in [-0.2, -0.15) is 5.26 Å². The fraction of sp³-hybridized carbons (Fsp3) is 0.345. The number of nitriles is 1. The van der Waals surface area contributed by atoms with Crippen molar-refractivity contribution < 1.29 is 9.53 Å². The van der Waals surface area contributed by atoms with Gasteiger partial charge in [-0.3, -0.25) is 4.79 Å². The molecular formula is C29H31N3O2S. The van der Waals surface area contributed by atoms with Crippen LogP contribution in [0, 0.1) is 29.6 Å². The molecule has 2 aromatic carbocycles. The number of fused-ring (bicyclic) bond motifs is 1. The Balaban J connectivity index is 1.37. The maximum Gasteiger partial charge on any atom is 0.262 e. The normalized spacial score (nSPS) is 15.5. The molecule has 1 aliphatic carbocycles. The van der Waals surface area contributed by atoms with E-state index in [1.807, 2.05) is 55.5 Å². The summed E-state index contributed by atoms with van der Waals surface area (Å²) in [5.41, 5.74) is 4.93. The molecular weight excluding hydrogens is 454 g/mol. The molecule has 0 saturated heterocycles. The average Bonchev–Trinajstić information content (AvgIpc) is 3.18. The quantitative estimate of drug-likeness (QED) is 0.388. The predicted molar refractivity (Wildman–Crippen MR) is 143 cm³/mol. The lowest BCUT2D eigenvalue weighted by molar-refractivity contribution is -0.118. The lowest BCUT2D eigenvalue weighted by atomic mass is 9.72. The molecule has 0 saturated carbocycles. The van der Waals surface area contributed by atoms with Crippen molar-refractivity contribution in [1.82, 2.24) is 0 Å². The number of nitrogens with zero attached hydrogens (tertiary/aromatic N) is 2. The highest BCUT2D eigenvalue weighted by atomic mass is 32.1. The summed E-state index contributed by atoms with van der Waals surface area (Å²) in [4.78, 5) is 18.1. The zero-order chi connectivity index (χ0) is 25.0. The number of nitrogens with one attached hydrogen (secondary N) is 1. The second-order valence-corrected chi connectivity index (χ2v) is 11.2. The second kappa shape index (κ2) is 10.5. The van der Waals surface area contributed by atoms with Crippen LogP contribution in [0.4, 0.5) is 10.7 Å². The van der Waals surface area contributed by atoms with Crippen molar-refractivity contribution >= 4 is 34.1 Å². The first kappa shape index (κ1) is 24.7. The zero-order valence-corrected chi connectivity index (χ0v) is 21.5. The Hall–Kier alpha value is -3.43. The molecule has 1 amide bonds. The molecule has 180 valence electrons. The van der Waals surface area contributed by atoms with Crippen LogP contribution in [0.15, 0.2) is 53.5 Å². The van der Waals surface area contributed by atoms with E-state index in [9.17, 15) is 10.1 Å². The molecule has 1 heterocycles. The van der Waals surface area contributed by atoms with E-state index >= 15 is 0 Å². The predicted octanol–water partition coefficient (Wildman–Crippen LogP) is 6.85. The van der Waals surface area contributed by atoms with Gasteiger partial charge in [0.2, 0.25) is 0 Å². The number of carbonyl (C=O) groups excluding carboxylic acids is 1. The fourth-order valence-electron chi connectivity index (χ4n) is 4.37. The minimum absolute atomic E-state index is 0.0663. The molecule has 0 bridgehead atoms. The molecule has 35 heavy (non-hydrogen) atoms. The molecule has 0 unspecified atom stereocenters. The van der Waals surface area contributed by atoms with Crippen LogP contribution in [0.1, 0.15) is 54.3 Å². The fourth-order valence-corrected chi connectivity index (χ4v) is 5.59. The number of aliphatic imine (C=N–C) groups is 1. The Kier molecular flexibility index (Phi) is 7.37. The Morgan fingerprint density at radius 2 is 2.03 bits per heavy atom. The van der Waals surface area contributed by atoms with Crippen molar-refractivity contribution in [1.29, 1.82) is 5.26 Å². The molecule has 1 atom stereocenters. The summed E-state index contributed by atoms with van der Waals surface area (Å²) in [6, 6.07) is 17.5. The van der Waals surface area contributed by atoms with E-state index in [0.717, 1.165) is 46.6 Å². The van der Waals surface area contributed by atoms with Crippen LogP contribution >= 0.6 is 11.3 Å². The van der Waals surface area contributed by atoms with E-state index in [0.29, 0.717) is 11.7 Å². The lowest BCUT2D eigenvalue weighted by Gasteiger charge is -2.33. The zero-order valence-electron chi connectivity index (χ0n) is 20.7. The van der Waals surface area contributed by atoms with Crippen molar-refractivity contribution in [3.8, 4) is 11.8 Å². The number of hydrogen-bond acceptors (Lipinski definition) is 5. The molecule has 5 nitrogen and oxygen atoms in total. The average molecular weight is 486 g/mol. The van der Waals surface area contributed by atoms with Gasteiger partial charge in [0.25, 0.3) is 5.91 Å². The summed E-state index contributed by atoms with van der Waals surface area (Å²) < 4.78 is 5.62. The van der Waals surface area contributed by atoms with E-state index < -0.39 is 0 Å². The Bertz CT molecular complexity index is 1280. The van der Waals surface area contributed by atoms with E-state index in [2.05, 4.69) is 37.1 Å². The summed E-state index contributed by atoms with van der Waals surface area (Å²) in [6.45, 7) is 8.80. The van der Waals surface area contributed by atoms with Crippen molar-refractivity contribution in [2.75, 3.05) is 11.9 Å². The van der Waals surface area contributed by atoms with Gasteiger partial charge in [-0.25, -0.2) is 4.99 Å². The van der Waals surface area contributed by atoms with Crippen molar-refractivity contribution in [2.45, 2.75) is 47.0 Å². The summed E-state index contributed by atoms with van der Waals surface area (Å²) in [5, 5.41) is 13.4. The SMILES string of the molecule is Cc1cccc(NC(=O)COc2ccc(C=Nc3sc4c(c3C#N)CC[C@@H](C(C)(C)C)C4)cc2)c1. The minimum atomic E-state index is -0.208. The van der Waals surface area contributed by atoms with Crippen LogP contribution in [-0.2, 0) is 17.6 Å². The number of thiophene rings is 1. The van der Waals surface area contributed by atoms with Crippen molar-refractivity contribution in [2.24, 2.45) is 16.3 Å². The monoisotopic (exact) mass is 485 g/mol. The summed E-state index contributed by atoms with van der Waals surface area (Å²) in [7, 11) is 0. The van der Waals surface area contributed by atoms with Gasteiger partial charge in [0, 0.05) is 16.8 Å². The first-order valence-electron chi connectivity index (χ1n) is 11.9. The largest absolute Gasteiger partial charge is 0.484 e. The molecule has 1 aromatic heterocycles. The standard InChI is InChI=1S/C29H31N3O2S/c1-19-6-5-7-22(14-19)32-27(33)18-34-23-11-8-20(9-12-23)17-31-28-25(16-30)24-13-10-21(29(2,3)4)15-26(24)35-28/h5-9,11-12,14,17,21H,10,13,15,18H2,1-4H3,(H,32,33)/t21-/m1/s1. The number of aryl methyl sites for hydroxylation is 1. The summed E-state index contributed by atoms with van der Waals surface area (Å²) >= 11 is 1.65. The Morgan fingerprint density at radius 1 is 1.26 bits per heavy atom. The highest BCUT2D eigenvalue weighted by Crippen LogP contribution is 2.44. The number of hydrogen-bond donors (Lipinski definition) is 1. The maximum absolute atomic E-state index is 12.2. The third-order valence-corrected chi connectivity index (χ3v) is 7.63. The van der Waals surface area contributed by atoms with Crippen LogP contribution in [0.25, 0.3) is 0 Å². The van der Waals surface area contributed by atoms with E-state index in [4.69, 9.17) is 4.74 Å². The van der Waals surface area contributed by atoms with Gasteiger partial charge in [0.1, 0.15) is 16.8 Å². The van der Waals surface area contributed by atoms with E-state index in [1.165, 1.54) is 10.4 Å². The van der Waals surface area contributed by atoms with Crippen LogP contribution in [0.3, 0.4) is 0 Å². The molecule has 3 aromatic rings. The lowest BCUT2D eigenvalue weighted by Crippen LogP contribution is -2.26. The van der Waals surface area contributed by atoms with Gasteiger partial charge in [-0.05, 0) is 90.6 Å². The minimum Gasteiger partial charge on any atom is -0.484 e.